The molecule has 2 aliphatic rings. The topological polar surface area (TPSA) is 55.1 Å². The molecule has 3 aromatic rings. The van der Waals surface area contributed by atoms with Gasteiger partial charge in [0.2, 0.25) is 0 Å². The van der Waals surface area contributed by atoms with Gasteiger partial charge in [-0.25, -0.2) is 18.2 Å². The third-order valence-electron chi connectivity index (χ3n) is 6.84. The first kappa shape index (κ1) is 23.9. The number of benzene rings is 2. The number of methoxy groups -OCH3 is 1. The van der Waals surface area contributed by atoms with Crippen molar-refractivity contribution in [3.63, 3.8) is 0 Å². The lowest BCUT2D eigenvalue weighted by atomic mass is 9.84. The fourth-order valence-electron chi connectivity index (χ4n) is 4.99. The number of fused-ring (bicyclic) bond motifs is 1. The molecule has 7 nitrogen and oxygen atoms in total. The zero-order valence-electron chi connectivity index (χ0n) is 20.4. The molecule has 1 saturated heterocycles. The van der Waals surface area contributed by atoms with Gasteiger partial charge in [0, 0.05) is 26.3 Å². The summed E-state index contributed by atoms with van der Waals surface area (Å²) in [5, 5.41) is 4.27. The van der Waals surface area contributed by atoms with Crippen LogP contribution in [-0.2, 0) is 10.4 Å². The van der Waals surface area contributed by atoms with Gasteiger partial charge in [-0.3, -0.25) is 4.90 Å². The Kier molecular flexibility index (Phi) is 5.99. The highest BCUT2D eigenvalue weighted by molar-refractivity contribution is 5.97. The normalized spacial score (nSPS) is 22.0. The smallest absolute Gasteiger partial charge is 0.194 e. The number of hydrogen-bond acceptors (Lipinski definition) is 6. The molecule has 0 N–H and O–H groups in total. The van der Waals surface area contributed by atoms with Gasteiger partial charge in [-0.2, -0.15) is 0 Å². The summed E-state index contributed by atoms with van der Waals surface area (Å²) < 4.78 is 49.6. The predicted molar refractivity (Wildman–Crippen MR) is 129 cm³/mol. The van der Waals surface area contributed by atoms with E-state index in [-0.39, 0.29) is 5.56 Å². The van der Waals surface area contributed by atoms with E-state index in [9.17, 15) is 13.2 Å². The summed E-state index contributed by atoms with van der Waals surface area (Å²) in [7, 11) is 5.28. The van der Waals surface area contributed by atoms with Crippen molar-refractivity contribution in [3.05, 3.63) is 83.2 Å². The lowest BCUT2D eigenvalue weighted by molar-refractivity contribution is -0.0391. The van der Waals surface area contributed by atoms with Crippen molar-refractivity contribution >= 4 is 11.9 Å². The highest BCUT2D eigenvalue weighted by atomic mass is 19.2. The Bertz CT molecular complexity index is 1350. The number of amidine groups is 1. The summed E-state index contributed by atoms with van der Waals surface area (Å²) in [6.07, 6.45) is 6.75. The summed E-state index contributed by atoms with van der Waals surface area (Å²) in [4.78, 5) is 13.9. The Morgan fingerprint density at radius 1 is 1.11 bits per heavy atom. The standard InChI is InChI=1S/C26H26F3N5O2/c1-16-12-34(15-30-16)21-7-5-17(9-22(21)35-4)6-8-24-31-36-23-13-32(2)14-26(23,33(24)3)18-10-19(27)25(29)20(28)11-18/h5-12,15,23H,13-14H2,1-4H3/t23?,26-/m0/s1. The van der Waals surface area contributed by atoms with Gasteiger partial charge in [-0.05, 0) is 55.4 Å². The van der Waals surface area contributed by atoms with Gasteiger partial charge in [0.15, 0.2) is 29.4 Å². The maximum absolute atomic E-state index is 14.2. The summed E-state index contributed by atoms with van der Waals surface area (Å²) in [5.74, 6) is -2.84. The second kappa shape index (κ2) is 9.02. The number of rotatable bonds is 5. The van der Waals surface area contributed by atoms with Crippen LogP contribution in [0.5, 0.6) is 5.75 Å². The van der Waals surface area contributed by atoms with Crippen molar-refractivity contribution < 1.29 is 22.7 Å². The van der Waals surface area contributed by atoms with E-state index in [4.69, 9.17) is 9.57 Å². The van der Waals surface area contributed by atoms with Crippen LogP contribution in [0.2, 0.25) is 0 Å². The number of likely N-dealkylation sites (tertiary alicyclic amines) is 1. The molecule has 0 amide bonds. The van der Waals surface area contributed by atoms with E-state index in [0.29, 0.717) is 24.7 Å². The number of halogens is 3. The number of oxime groups is 1. The second-order valence-electron chi connectivity index (χ2n) is 9.16. The Balaban J connectivity index is 1.47. The van der Waals surface area contributed by atoms with Crippen molar-refractivity contribution in [2.75, 3.05) is 34.3 Å². The van der Waals surface area contributed by atoms with Gasteiger partial charge in [0.1, 0.15) is 11.3 Å². The Morgan fingerprint density at radius 3 is 2.53 bits per heavy atom. The minimum Gasteiger partial charge on any atom is -0.495 e. The largest absolute Gasteiger partial charge is 0.495 e. The molecule has 1 aromatic heterocycles. The highest BCUT2D eigenvalue weighted by Gasteiger charge is 2.55. The maximum atomic E-state index is 14.2. The van der Waals surface area contributed by atoms with Crippen molar-refractivity contribution in [1.29, 1.82) is 0 Å². The van der Waals surface area contributed by atoms with Crippen LogP contribution in [0.1, 0.15) is 16.8 Å². The van der Waals surface area contributed by atoms with Gasteiger partial charge in [0.05, 0.1) is 24.8 Å². The average Bonchev–Trinajstić information content (AvgIpc) is 3.45. The van der Waals surface area contributed by atoms with Gasteiger partial charge in [-0.15, -0.1) is 0 Å². The molecule has 2 aromatic carbocycles. The number of aryl methyl sites for hydroxylation is 1. The predicted octanol–water partition coefficient (Wildman–Crippen LogP) is 4.10. The van der Waals surface area contributed by atoms with Crippen molar-refractivity contribution in [1.82, 2.24) is 19.4 Å². The minimum atomic E-state index is -1.49. The van der Waals surface area contributed by atoms with Crippen LogP contribution in [0.25, 0.3) is 11.8 Å². The molecule has 0 saturated carbocycles. The number of nitrogens with zero attached hydrogens (tertiary/aromatic N) is 5. The van der Waals surface area contributed by atoms with E-state index in [1.165, 1.54) is 0 Å². The first-order valence-electron chi connectivity index (χ1n) is 11.4. The van der Waals surface area contributed by atoms with Gasteiger partial charge < -0.3 is 19.0 Å². The Hall–Kier alpha value is -3.79. The molecule has 3 heterocycles. The van der Waals surface area contributed by atoms with Crippen LogP contribution in [0.3, 0.4) is 0 Å². The fraction of sp³-hybridized carbons (Fsp3) is 0.308. The molecule has 36 heavy (non-hydrogen) atoms. The highest BCUT2D eigenvalue weighted by Crippen LogP contribution is 2.42. The average molecular weight is 498 g/mol. The van der Waals surface area contributed by atoms with E-state index in [2.05, 4.69) is 10.1 Å². The molecule has 5 rings (SSSR count). The van der Waals surface area contributed by atoms with Crippen molar-refractivity contribution in [2.24, 2.45) is 5.16 Å². The van der Waals surface area contributed by atoms with E-state index in [0.717, 1.165) is 29.1 Å². The fourth-order valence-corrected chi connectivity index (χ4v) is 4.99. The molecule has 10 heteroatoms. The number of ether oxygens (including phenoxy) is 1. The summed E-state index contributed by atoms with van der Waals surface area (Å²) >= 11 is 0. The lowest BCUT2D eigenvalue weighted by Gasteiger charge is -2.45. The molecule has 0 radical (unpaired) electrons. The van der Waals surface area contributed by atoms with E-state index in [1.54, 1.807) is 26.6 Å². The van der Waals surface area contributed by atoms with Gasteiger partial charge in [-0.1, -0.05) is 17.3 Å². The van der Waals surface area contributed by atoms with Crippen molar-refractivity contribution in [2.45, 2.75) is 18.6 Å². The van der Waals surface area contributed by atoms with E-state index in [1.807, 2.05) is 58.8 Å². The van der Waals surface area contributed by atoms with Crippen LogP contribution in [0.15, 0.2) is 54.1 Å². The van der Waals surface area contributed by atoms with E-state index < -0.39 is 29.1 Å². The van der Waals surface area contributed by atoms with Crippen LogP contribution in [0, 0.1) is 24.4 Å². The summed E-state index contributed by atoms with van der Waals surface area (Å²) in [6.45, 7) is 2.83. The molecule has 0 bridgehead atoms. The van der Waals surface area contributed by atoms with Crippen LogP contribution in [0.4, 0.5) is 13.2 Å². The molecule has 1 fully saturated rings. The zero-order valence-corrected chi connectivity index (χ0v) is 20.4. The molecule has 0 aliphatic carbocycles. The third-order valence-corrected chi connectivity index (χ3v) is 6.84. The first-order valence-corrected chi connectivity index (χ1v) is 11.4. The summed E-state index contributed by atoms with van der Waals surface area (Å²) in [6, 6.07) is 7.83. The SMILES string of the molecule is COc1cc(C=CC2=NOC3CN(C)C[C@@]3(c3cc(F)c(F)c(F)c3)N2C)ccc1-n1cnc(C)c1. The van der Waals surface area contributed by atoms with Crippen LogP contribution < -0.4 is 4.74 Å². The second-order valence-corrected chi connectivity index (χ2v) is 9.16. The third kappa shape index (κ3) is 3.91. The number of hydrogen-bond donors (Lipinski definition) is 0. The minimum absolute atomic E-state index is 0.290. The van der Waals surface area contributed by atoms with Crippen LogP contribution in [-0.4, -0.2) is 65.6 Å². The zero-order chi connectivity index (χ0) is 25.6. The number of likely N-dealkylation sites (N-methyl/N-ethyl adjacent to an activating group) is 2. The molecule has 2 aliphatic heterocycles. The number of aromatic nitrogens is 2. The van der Waals surface area contributed by atoms with Gasteiger partial charge >= 0.3 is 0 Å². The van der Waals surface area contributed by atoms with Crippen LogP contribution >= 0.6 is 0 Å². The quantitative estimate of drug-likeness (QED) is 0.497. The van der Waals surface area contributed by atoms with Crippen molar-refractivity contribution in [3.8, 4) is 11.4 Å². The molecule has 188 valence electrons. The molecule has 1 unspecified atom stereocenters. The Morgan fingerprint density at radius 2 is 1.86 bits per heavy atom. The summed E-state index contributed by atoms with van der Waals surface area (Å²) in [5.41, 5.74) is 1.93. The monoisotopic (exact) mass is 497 g/mol. The Labute approximate surface area is 207 Å². The first-order chi connectivity index (χ1) is 17.2. The lowest BCUT2D eigenvalue weighted by Crippen LogP contribution is -2.57. The molecular formula is C26H26F3N5O2. The van der Waals surface area contributed by atoms with E-state index >= 15 is 0 Å². The molecule has 2 atom stereocenters. The number of imidazole rings is 1. The molecule has 0 spiro atoms. The molecular weight excluding hydrogens is 471 g/mol. The van der Waals surface area contributed by atoms with Gasteiger partial charge in [0.25, 0.3) is 0 Å². The maximum Gasteiger partial charge on any atom is 0.194 e.